The zero-order chi connectivity index (χ0) is 11.5. The van der Waals surface area contributed by atoms with Crippen LogP contribution in [-0.2, 0) is 13.1 Å². The van der Waals surface area contributed by atoms with Crippen LogP contribution < -0.4 is 5.32 Å². The van der Waals surface area contributed by atoms with E-state index in [1.54, 1.807) is 0 Å². The molecule has 0 radical (unpaired) electrons. The van der Waals surface area contributed by atoms with Gasteiger partial charge in [-0.2, -0.15) is 5.10 Å². The highest BCUT2D eigenvalue weighted by molar-refractivity contribution is 5.15. The van der Waals surface area contributed by atoms with E-state index in [1.807, 2.05) is 16.9 Å². The van der Waals surface area contributed by atoms with E-state index in [-0.39, 0.29) is 0 Å². The lowest BCUT2D eigenvalue weighted by Crippen LogP contribution is -2.14. The summed E-state index contributed by atoms with van der Waals surface area (Å²) in [5.41, 5.74) is 2.56. The largest absolute Gasteiger partial charge is 0.310 e. The summed E-state index contributed by atoms with van der Waals surface area (Å²) in [5, 5.41) is 7.88. The molecule has 0 atom stereocenters. The van der Waals surface area contributed by atoms with Crippen LogP contribution in [0.5, 0.6) is 0 Å². The van der Waals surface area contributed by atoms with Gasteiger partial charge in [0.15, 0.2) is 0 Å². The molecule has 1 fully saturated rings. The summed E-state index contributed by atoms with van der Waals surface area (Å²) in [6.45, 7) is 1.80. The van der Waals surface area contributed by atoms with Crippen molar-refractivity contribution in [2.45, 2.75) is 32.0 Å². The summed E-state index contributed by atoms with van der Waals surface area (Å²) in [4.78, 5) is 0. The standard InChI is InChI=1S/C14H17N3/c1-2-4-12(5-3-1)10-17-11-13(9-16-17)8-15-14-6-7-14/h1-5,9,11,14-15H,6-8,10H2. The quantitative estimate of drug-likeness (QED) is 0.848. The molecule has 0 aliphatic heterocycles. The normalized spacial score (nSPS) is 15.1. The second kappa shape index (κ2) is 4.72. The first-order valence-electron chi connectivity index (χ1n) is 6.19. The van der Waals surface area contributed by atoms with Gasteiger partial charge in [0, 0.05) is 24.3 Å². The van der Waals surface area contributed by atoms with Crippen molar-refractivity contribution < 1.29 is 0 Å². The van der Waals surface area contributed by atoms with Crippen LogP contribution in [0.25, 0.3) is 0 Å². The van der Waals surface area contributed by atoms with Crippen LogP contribution >= 0.6 is 0 Å². The van der Waals surface area contributed by atoms with Crippen LogP contribution in [0.15, 0.2) is 42.7 Å². The van der Waals surface area contributed by atoms with Gasteiger partial charge in [-0.15, -0.1) is 0 Å². The Kier molecular flexibility index (Phi) is 2.92. The van der Waals surface area contributed by atoms with Gasteiger partial charge in [-0.05, 0) is 18.4 Å². The molecule has 1 N–H and O–H groups in total. The third-order valence-corrected chi connectivity index (χ3v) is 3.05. The molecule has 0 unspecified atom stereocenters. The van der Waals surface area contributed by atoms with Crippen LogP contribution in [0.1, 0.15) is 24.0 Å². The molecule has 0 bridgehead atoms. The minimum absolute atomic E-state index is 0.757. The van der Waals surface area contributed by atoms with Gasteiger partial charge in [0.05, 0.1) is 12.7 Å². The molecular formula is C14H17N3. The van der Waals surface area contributed by atoms with E-state index in [0.717, 1.165) is 19.1 Å². The number of hydrogen-bond acceptors (Lipinski definition) is 2. The van der Waals surface area contributed by atoms with Crippen molar-refractivity contribution in [1.29, 1.82) is 0 Å². The predicted molar refractivity (Wildman–Crippen MR) is 67.6 cm³/mol. The van der Waals surface area contributed by atoms with E-state index >= 15 is 0 Å². The second-order valence-electron chi connectivity index (χ2n) is 4.69. The van der Waals surface area contributed by atoms with Crippen LogP contribution in [0, 0.1) is 0 Å². The Hall–Kier alpha value is -1.61. The zero-order valence-electron chi connectivity index (χ0n) is 9.84. The predicted octanol–water partition coefficient (Wildman–Crippen LogP) is 2.18. The van der Waals surface area contributed by atoms with E-state index in [0.29, 0.717) is 0 Å². The fourth-order valence-electron chi connectivity index (χ4n) is 1.90. The van der Waals surface area contributed by atoms with E-state index in [4.69, 9.17) is 0 Å². The maximum atomic E-state index is 4.39. The lowest BCUT2D eigenvalue weighted by Gasteiger charge is -2.01. The number of benzene rings is 1. The molecule has 2 aromatic rings. The number of nitrogens with zero attached hydrogens (tertiary/aromatic N) is 2. The molecule has 0 saturated heterocycles. The molecule has 0 amide bonds. The SMILES string of the molecule is c1ccc(Cn2cc(CNC3CC3)cn2)cc1. The molecule has 88 valence electrons. The van der Waals surface area contributed by atoms with Gasteiger partial charge in [0.25, 0.3) is 0 Å². The van der Waals surface area contributed by atoms with E-state index in [2.05, 4.69) is 40.9 Å². The summed E-state index contributed by atoms with van der Waals surface area (Å²) in [5.74, 6) is 0. The minimum atomic E-state index is 0.757. The third-order valence-electron chi connectivity index (χ3n) is 3.05. The molecule has 3 nitrogen and oxygen atoms in total. The number of rotatable bonds is 5. The van der Waals surface area contributed by atoms with Gasteiger partial charge in [0.1, 0.15) is 0 Å². The Bertz CT molecular complexity index is 471. The van der Waals surface area contributed by atoms with Crippen molar-refractivity contribution >= 4 is 0 Å². The van der Waals surface area contributed by atoms with Crippen molar-refractivity contribution in [3.63, 3.8) is 0 Å². The Morgan fingerprint density at radius 1 is 1.18 bits per heavy atom. The summed E-state index contributed by atoms with van der Waals surface area (Å²) < 4.78 is 2.00. The maximum absolute atomic E-state index is 4.39. The monoisotopic (exact) mass is 227 g/mol. The third kappa shape index (κ3) is 2.94. The summed E-state index contributed by atoms with van der Waals surface area (Å²) in [6.07, 6.45) is 6.75. The highest BCUT2D eigenvalue weighted by Crippen LogP contribution is 2.19. The highest BCUT2D eigenvalue weighted by Gasteiger charge is 2.20. The van der Waals surface area contributed by atoms with Gasteiger partial charge in [-0.3, -0.25) is 4.68 Å². The molecule has 1 saturated carbocycles. The molecule has 3 heteroatoms. The van der Waals surface area contributed by atoms with E-state index in [1.165, 1.54) is 24.0 Å². The molecule has 17 heavy (non-hydrogen) atoms. The van der Waals surface area contributed by atoms with Gasteiger partial charge < -0.3 is 5.32 Å². The van der Waals surface area contributed by atoms with Crippen LogP contribution in [0.3, 0.4) is 0 Å². The van der Waals surface area contributed by atoms with Crippen LogP contribution in [-0.4, -0.2) is 15.8 Å². The smallest absolute Gasteiger partial charge is 0.0659 e. The Labute approximate surface area is 101 Å². The van der Waals surface area contributed by atoms with Gasteiger partial charge >= 0.3 is 0 Å². The first-order valence-corrected chi connectivity index (χ1v) is 6.19. The lowest BCUT2D eigenvalue weighted by atomic mass is 10.2. The van der Waals surface area contributed by atoms with Crippen molar-refractivity contribution in [1.82, 2.24) is 15.1 Å². The van der Waals surface area contributed by atoms with Crippen molar-refractivity contribution in [3.05, 3.63) is 53.9 Å². The second-order valence-corrected chi connectivity index (χ2v) is 4.69. The molecule has 1 aromatic carbocycles. The molecule has 1 aromatic heterocycles. The molecule has 1 aliphatic carbocycles. The first kappa shape index (κ1) is 10.5. The molecule has 1 aliphatic rings. The zero-order valence-corrected chi connectivity index (χ0v) is 9.84. The Balaban J connectivity index is 1.59. The van der Waals surface area contributed by atoms with Gasteiger partial charge in [-0.1, -0.05) is 30.3 Å². The van der Waals surface area contributed by atoms with Crippen LogP contribution in [0.4, 0.5) is 0 Å². The average Bonchev–Trinajstić information content (AvgIpc) is 3.09. The summed E-state index contributed by atoms with van der Waals surface area (Å²) >= 11 is 0. The molecular weight excluding hydrogens is 210 g/mol. The van der Waals surface area contributed by atoms with Gasteiger partial charge in [-0.25, -0.2) is 0 Å². The number of hydrogen-bond donors (Lipinski definition) is 1. The van der Waals surface area contributed by atoms with E-state index in [9.17, 15) is 0 Å². The summed E-state index contributed by atoms with van der Waals surface area (Å²) in [7, 11) is 0. The average molecular weight is 227 g/mol. The van der Waals surface area contributed by atoms with Crippen molar-refractivity contribution in [2.75, 3.05) is 0 Å². The maximum Gasteiger partial charge on any atom is 0.0659 e. The highest BCUT2D eigenvalue weighted by atomic mass is 15.3. The fourth-order valence-corrected chi connectivity index (χ4v) is 1.90. The number of nitrogens with one attached hydrogen (secondary N) is 1. The minimum Gasteiger partial charge on any atom is -0.310 e. The van der Waals surface area contributed by atoms with Crippen LogP contribution in [0.2, 0.25) is 0 Å². The molecule has 0 spiro atoms. The Morgan fingerprint density at radius 3 is 2.76 bits per heavy atom. The van der Waals surface area contributed by atoms with E-state index < -0.39 is 0 Å². The van der Waals surface area contributed by atoms with Crippen molar-refractivity contribution in [2.24, 2.45) is 0 Å². The summed E-state index contributed by atoms with van der Waals surface area (Å²) in [6, 6.07) is 11.2. The Morgan fingerprint density at radius 2 is 2.00 bits per heavy atom. The first-order chi connectivity index (χ1) is 8.40. The topological polar surface area (TPSA) is 29.9 Å². The number of aromatic nitrogens is 2. The van der Waals surface area contributed by atoms with Gasteiger partial charge in [0.2, 0.25) is 0 Å². The lowest BCUT2D eigenvalue weighted by molar-refractivity contribution is 0.675. The molecule has 1 heterocycles. The molecule has 3 rings (SSSR count). The fraction of sp³-hybridized carbons (Fsp3) is 0.357. The van der Waals surface area contributed by atoms with Crippen molar-refractivity contribution in [3.8, 4) is 0 Å².